The second-order valence-electron chi connectivity index (χ2n) is 6.20. The van der Waals surface area contributed by atoms with Crippen molar-refractivity contribution in [1.29, 1.82) is 0 Å². The summed E-state index contributed by atoms with van der Waals surface area (Å²) in [5, 5.41) is 0. The number of cyclic esters (lactones) is 1. The monoisotopic (exact) mass is 445 g/mol. The highest BCUT2D eigenvalue weighted by Crippen LogP contribution is 2.30. The summed E-state index contributed by atoms with van der Waals surface area (Å²) in [4.78, 5) is 36.8. The van der Waals surface area contributed by atoms with Gasteiger partial charge in [-0.15, -0.1) is 0 Å². The van der Waals surface area contributed by atoms with Crippen LogP contribution in [-0.4, -0.2) is 35.7 Å². The molecule has 12 heteroatoms. The van der Waals surface area contributed by atoms with Crippen LogP contribution < -0.4 is 4.74 Å². The van der Waals surface area contributed by atoms with E-state index in [-0.39, 0.29) is 6.61 Å². The fourth-order valence-electron chi connectivity index (χ4n) is 2.61. The molecule has 7 nitrogen and oxygen atoms in total. The molecule has 1 atom stereocenters. The Morgan fingerprint density at radius 3 is 2.16 bits per heavy atom. The highest BCUT2D eigenvalue weighted by molar-refractivity contribution is 5.88. The Kier molecular flexibility index (Phi) is 6.37. The van der Waals surface area contributed by atoms with Crippen LogP contribution >= 0.6 is 0 Å². The van der Waals surface area contributed by atoms with Gasteiger partial charge in [-0.05, 0) is 5.56 Å². The van der Waals surface area contributed by atoms with Gasteiger partial charge in [0.25, 0.3) is 0 Å². The van der Waals surface area contributed by atoms with Gasteiger partial charge >= 0.3 is 18.0 Å². The number of rotatable bonds is 5. The largest absolute Gasteiger partial charge is 0.444 e. The Morgan fingerprint density at radius 2 is 1.55 bits per heavy atom. The number of carbonyl (C=O) groups is 3. The smallest absolute Gasteiger partial charge is 0.413 e. The number of nitrogens with zero attached hydrogens (tertiary/aromatic N) is 1. The molecule has 31 heavy (non-hydrogen) atoms. The van der Waals surface area contributed by atoms with Crippen LogP contribution in [0.15, 0.2) is 30.3 Å². The quantitative estimate of drug-likeness (QED) is 0.231. The SMILES string of the molecule is O=C(C[C@H]1C(=O)OCN1C(=O)OCc1ccccc1)Oc1c(F)c(F)c(F)c(F)c1F. The van der Waals surface area contributed by atoms with Crippen molar-refractivity contribution >= 4 is 18.0 Å². The molecule has 1 saturated heterocycles. The van der Waals surface area contributed by atoms with E-state index in [9.17, 15) is 36.3 Å². The van der Waals surface area contributed by atoms with Crippen LogP contribution in [0.1, 0.15) is 12.0 Å². The van der Waals surface area contributed by atoms with Crippen molar-refractivity contribution in [1.82, 2.24) is 4.90 Å². The molecule has 1 aliphatic rings. The van der Waals surface area contributed by atoms with Gasteiger partial charge in [0.15, 0.2) is 6.73 Å². The van der Waals surface area contributed by atoms with Crippen LogP contribution in [0.5, 0.6) is 5.75 Å². The summed E-state index contributed by atoms with van der Waals surface area (Å²) in [5.41, 5.74) is 0.629. The van der Waals surface area contributed by atoms with E-state index in [4.69, 9.17) is 4.74 Å². The van der Waals surface area contributed by atoms with Crippen molar-refractivity contribution < 1.29 is 50.5 Å². The third kappa shape index (κ3) is 4.57. The number of hydrogen-bond acceptors (Lipinski definition) is 6. The summed E-state index contributed by atoms with van der Waals surface area (Å²) in [6.45, 7) is -0.737. The number of esters is 2. The van der Waals surface area contributed by atoms with Gasteiger partial charge in [0.05, 0.1) is 6.42 Å². The number of amides is 1. The first-order valence-corrected chi connectivity index (χ1v) is 8.56. The zero-order valence-electron chi connectivity index (χ0n) is 15.4. The second kappa shape index (κ2) is 8.98. The Bertz CT molecular complexity index is 1000. The van der Waals surface area contributed by atoms with E-state index in [2.05, 4.69) is 9.47 Å². The fourth-order valence-corrected chi connectivity index (χ4v) is 2.61. The zero-order valence-corrected chi connectivity index (χ0v) is 15.4. The van der Waals surface area contributed by atoms with Crippen LogP contribution in [0.25, 0.3) is 0 Å². The molecule has 1 aliphatic heterocycles. The summed E-state index contributed by atoms with van der Waals surface area (Å²) in [7, 11) is 0. The van der Waals surface area contributed by atoms with Crippen molar-refractivity contribution in [2.75, 3.05) is 6.73 Å². The Balaban J connectivity index is 1.68. The molecule has 0 radical (unpaired) electrons. The van der Waals surface area contributed by atoms with E-state index in [0.29, 0.717) is 10.5 Å². The van der Waals surface area contributed by atoms with Gasteiger partial charge in [-0.3, -0.25) is 9.69 Å². The molecule has 0 unspecified atom stereocenters. The number of hydrogen-bond donors (Lipinski definition) is 0. The first-order valence-electron chi connectivity index (χ1n) is 8.56. The van der Waals surface area contributed by atoms with Gasteiger partial charge in [0.1, 0.15) is 12.6 Å². The van der Waals surface area contributed by atoms with E-state index in [1.54, 1.807) is 30.3 Å². The molecule has 1 amide bonds. The average molecular weight is 445 g/mol. The molecule has 0 saturated carbocycles. The lowest BCUT2D eigenvalue weighted by atomic mass is 10.2. The molecule has 3 rings (SSSR count). The molecule has 0 bridgehead atoms. The molecule has 0 spiro atoms. The third-order valence-electron chi connectivity index (χ3n) is 4.18. The zero-order chi connectivity index (χ0) is 22.7. The van der Waals surface area contributed by atoms with Gasteiger partial charge in [0.2, 0.25) is 34.8 Å². The maximum absolute atomic E-state index is 13.6. The summed E-state index contributed by atoms with van der Waals surface area (Å²) >= 11 is 0. The lowest BCUT2D eigenvalue weighted by molar-refractivity contribution is -0.143. The summed E-state index contributed by atoms with van der Waals surface area (Å²) < 4.78 is 80.7. The van der Waals surface area contributed by atoms with E-state index in [1.807, 2.05) is 0 Å². The number of ether oxygens (including phenoxy) is 3. The Hall–Kier alpha value is -3.70. The second-order valence-corrected chi connectivity index (χ2v) is 6.20. The topological polar surface area (TPSA) is 82.1 Å². The fraction of sp³-hybridized carbons (Fsp3) is 0.211. The molecule has 1 heterocycles. The number of halogens is 5. The maximum atomic E-state index is 13.6. The molecule has 1 fully saturated rings. The van der Waals surface area contributed by atoms with E-state index >= 15 is 0 Å². The standard InChI is InChI=1S/C19H12F5NO6/c20-12-13(21)15(23)17(16(24)14(12)22)31-11(26)6-10-18(27)30-8-25(10)19(28)29-7-9-4-2-1-3-5-9/h1-5,10H,6-8H2/t10-/m0/s1. The minimum absolute atomic E-state index is 0.161. The Morgan fingerprint density at radius 1 is 0.968 bits per heavy atom. The van der Waals surface area contributed by atoms with Crippen LogP contribution in [0.4, 0.5) is 26.7 Å². The minimum Gasteiger partial charge on any atom is -0.444 e. The molecule has 2 aromatic carbocycles. The lowest BCUT2D eigenvalue weighted by Crippen LogP contribution is -2.40. The van der Waals surface area contributed by atoms with Crippen molar-refractivity contribution in [3.8, 4) is 5.75 Å². The number of carbonyl (C=O) groups excluding carboxylic acids is 3. The first-order chi connectivity index (χ1) is 14.7. The van der Waals surface area contributed by atoms with Gasteiger partial charge < -0.3 is 14.2 Å². The molecule has 0 aromatic heterocycles. The van der Waals surface area contributed by atoms with Crippen LogP contribution in [0.2, 0.25) is 0 Å². The van der Waals surface area contributed by atoms with Crippen molar-refractivity contribution in [2.45, 2.75) is 19.1 Å². The van der Waals surface area contributed by atoms with E-state index < -0.39 is 72.1 Å². The molecule has 2 aromatic rings. The summed E-state index contributed by atoms with van der Waals surface area (Å²) in [6.07, 6.45) is -2.03. The highest BCUT2D eigenvalue weighted by atomic mass is 19.2. The average Bonchev–Trinajstić information content (AvgIpc) is 3.13. The van der Waals surface area contributed by atoms with Crippen LogP contribution in [0, 0.1) is 29.1 Å². The predicted octanol–water partition coefficient (Wildman–Crippen LogP) is 3.20. The molecule has 164 valence electrons. The molecule has 0 N–H and O–H groups in total. The molecular formula is C19H12F5NO6. The minimum atomic E-state index is -2.43. The maximum Gasteiger partial charge on any atom is 0.413 e. The van der Waals surface area contributed by atoms with E-state index in [1.165, 1.54) is 0 Å². The van der Waals surface area contributed by atoms with Gasteiger partial charge in [-0.25, -0.2) is 22.8 Å². The third-order valence-corrected chi connectivity index (χ3v) is 4.18. The van der Waals surface area contributed by atoms with Crippen molar-refractivity contribution in [2.24, 2.45) is 0 Å². The first kappa shape index (κ1) is 22.0. The summed E-state index contributed by atoms with van der Waals surface area (Å²) in [5.74, 6) is -16.2. The molecule has 0 aliphatic carbocycles. The van der Waals surface area contributed by atoms with Gasteiger partial charge in [0, 0.05) is 0 Å². The Labute approximate surface area is 170 Å². The van der Waals surface area contributed by atoms with E-state index in [0.717, 1.165) is 0 Å². The number of benzene rings is 2. The highest BCUT2D eigenvalue weighted by Gasteiger charge is 2.41. The van der Waals surface area contributed by atoms with Crippen molar-refractivity contribution in [3.05, 3.63) is 65.0 Å². The summed E-state index contributed by atoms with van der Waals surface area (Å²) in [6, 6.07) is 6.88. The van der Waals surface area contributed by atoms with Crippen LogP contribution in [-0.2, 0) is 25.7 Å². The van der Waals surface area contributed by atoms with Gasteiger partial charge in [-0.1, -0.05) is 30.3 Å². The predicted molar refractivity (Wildman–Crippen MR) is 89.7 cm³/mol. The molecular weight excluding hydrogens is 433 g/mol. The van der Waals surface area contributed by atoms with Gasteiger partial charge in [-0.2, -0.15) is 8.78 Å². The normalized spacial score (nSPS) is 15.6. The van der Waals surface area contributed by atoms with Crippen molar-refractivity contribution in [3.63, 3.8) is 0 Å². The van der Waals surface area contributed by atoms with Crippen LogP contribution in [0.3, 0.4) is 0 Å². The lowest BCUT2D eigenvalue weighted by Gasteiger charge is -2.19.